The van der Waals surface area contributed by atoms with E-state index in [-0.39, 0.29) is 5.82 Å². The maximum Gasteiger partial charge on any atom is 0.123 e. The van der Waals surface area contributed by atoms with Crippen molar-refractivity contribution in [2.45, 2.75) is 19.8 Å². The number of allylic oxidation sites excluding steroid dienone is 1. The van der Waals surface area contributed by atoms with Gasteiger partial charge in [0.05, 0.1) is 0 Å². The van der Waals surface area contributed by atoms with Crippen molar-refractivity contribution in [3.8, 4) is 0 Å². The normalized spacial score (nSPS) is 9.83. The predicted molar refractivity (Wildman–Crippen MR) is 49.7 cm³/mol. The highest BCUT2D eigenvalue weighted by Gasteiger charge is 1.98. The van der Waals surface area contributed by atoms with Gasteiger partial charge in [-0.1, -0.05) is 12.1 Å². The number of halogens is 1. The van der Waals surface area contributed by atoms with Crippen molar-refractivity contribution >= 4 is 0 Å². The third-order valence-corrected chi connectivity index (χ3v) is 1.93. The highest BCUT2D eigenvalue weighted by atomic mass is 19.1. The molecular formula is C11H13F. The van der Waals surface area contributed by atoms with Crippen LogP contribution in [0.25, 0.3) is 0 Å². The molecule has 0 heterocycles. The zero-order chi connectivity index (χ0) is 8.97. The largest absolute Gasteiger partial charge is 0.207 e. The zero-order valence-corrected chi connectivity index (χ0v) is 7.31. The van der Waals surface area contributed by atoms with Crippen LogP contribution in [0.5, 0.6) is 0 Å². The van der Waals surface area contributed by atoms with Gasteiger partial charge in [-0.25, -0.2) is 4.39 Å². The third kappa shape index (κ3) is 2.19. The zero-order valence-electron chi connectivity index (χ0n) is 7.31. The lowest BCUT2D eigenvalue weighted by Crippen LogP contribution is -1.89. The van der Waals surface area contributed by atoms with Crippen LogP contribution in [0.1, 0.15) is 17.5 Å². The first-order valence-electron chi connectivity index (χ1n) is 4.10. The fraction of sp³-hybridized carbons (Fsp3) is 0.273. The number of rotatable bonds is 3. The van der Waals surface area contributed by atoms with Gasteiger partial charge in [-0.05, 0) is 43.0 Å². The van der Waals surface area contributed by atoms with Crippen molar-refractivity contribution in [1.29, 1.82) is 0 Å². The highest BCUT2D eigenvalue weighted by Crippen LogP contribution is 2.12. The van der Waals surface area contributed by atoms with E-state index in [0.717, 1.165) is 24.0 Å². The molecule has 0 aliphatic carbocycles. The van der Waals surface area contributed by atoms with E-state index in [4.69, 9.17) is 0 Å². The van der Waals surface area contributed by atoms with E-state index in [2.05, 4.69) is 6.58 Å². The molecule has 0 N–H and O–H groups in total. The Hall–Kier alpha value is -1.11. The van der Waals surface area contributed by atoms with E-state index in [1.165, 1.54) is 6.07 Å². The summed E-state index contributed by atoms with van der Waals surface area (Å²) in [4.78, 5) is 0. The van der Waals surface area contributed by atoms with Crippen LogP contribution in [0.4, 0.5) is 4.39 Å². The molecular weight excluding hydrogens is 151 g/mol. The van der Waals surface area contributed by atoms with Gasteiger partial charge in [0.1, 0.15) is 5.82 Å². The van der Waals surface area contributed by atoms with Crippen molar-refractivity contribution in [2.24, 2.45) is 0 Å². The van der Waals surface area contributed by atoms with Gasteiger partial charge in [0.25, 0.3) is 0 Å². The van der Waals surface area contributed by atoms with Crippen LogP contribution >= 0.6 is 0 Å². The minimum Gasteiger partial charge on any atom is -0.207 e. The molecule has 1 rings (SSSR count). The minimum atomic E-state index is -0.153. The van der Waals surface area contributed by atoms with Gasteiger partial charge < -0.3 is 0 Å². The Kier molecular flexibility index (Phi) is 3.03. The Bertz CT molecular complexity index is 276. The molecule has 0 saturated carbocycles. The Balaban J connectivity index is 2.82. The number of benzene rings is 1. The Labute approximate surface area is 72.7 Å². The summed E-state index contributed by atoms with van der Waals surface area (Å²) in [6, 6.07) is 4.90. The van der Waals surface area contributed by atoms with Crippen molar-refractivity contribution < 1.29 is 4.39 Å². The standard InChI is InChI=1S/C11H13F/c1-3-4-5-10-8-11(12)7-6-9(10)2/h3,6-8H,1,4-5H2,2H3. The van der Waals surface area contributed by atoms with Gasteiger partial charge in [0.2, 0.25) is 0 Å². The Morgan fingerprint density at radius 2 is 2.25 bits per heavy atom. The lowest BCUT2D eigenvalue weighted by molar-refractivity contribution is 0.624. The summed E-state index contributed by atoms with van der Waals surface area (Å²) in [5.41, 5.74) is 2.23. The number of aryl methyl sites for hydroxylation is 2. The summed E-state index contributed by atoms with van der Waals surface area (Å²) in [6.07, 6.45) is 3.64. The first kappa shape index (κ1) is 8.98. The van der Waals surface area contributed by atoms with Gasteiger partial charge in [-0.3, -0.25) is 0 Å². The van der Waals surface area contributed by atoms with Crippen LogP contribution in [0.3, 0.4) is 0 Å². The first-order valence-corrected chi connectivity index (χ1v) is 4.10. The maximum atomic E-state index is 12.7. The van der Waals surface area contributed by atoms with Crippen LogP contribution in [0, 0.1) is 12.7 Å². The molecule has 12 heavy (non-hydrogen) atoms. The van der Waals surface area contributed by atoms with Crippen LogP contribution in [-0.4, -0.2) is 0 Å². The molecule has 1 aromatic rings. The quantitative estimate of drug-likeness (QED) is 0.601. The van der Waals surface area contributed by atoms with Crippen molar-refractivity contribution in [2.75, 3.05) is 0 Å². The average molecular weight is 164 g/mol. The molecule has 0 radical (unpaired) electrons. The van der Waals surface area contributed by atoms with Crippen molar-refractivity contribution in [3.05, 3.63) is 47.8 Å². The number of hydrogen-bond acceptors (Lipinski definition) is 0. The molecule has 0 aliphatic heterocycles. The predicted octanol–water partition coefficient (Wildman–Crippen LogP) is 3.25. The second-order valence-electron chi connectivity index (χ2n) is 2.90. The molecule has 0 atom stereocenters. The second-order valence-corrected chi connectivity index (χ2v) is 2.90. The fourth-order valence-corrected chi connectivity index (χ4v) is 1.17. The van der Waals surface area contributed by atoms with Gasteiger partial charge in [-0.2, -0.15) is 0 Å². The van der Waals surface area contributed by atoms with E-state index in [1.54, 1.807) is 6.07 Å². The van der Waals surface area contributed by atoms with Gasteiger partial charge >= 0.3 is 0 Å². The molecule has 1 heteroatoms. The van der Waals surface area contributed by atoms with E-state index >= 15 is 0 Å². The van der Waals surface area contributed by atoms with Gasteiger partial charge in [0.15, 0.2) is 0 Å². The molecule has 0 spiro atoms. The van der Waals surface area contributed by atoms with Crippen molar-refractivity contribution in [3.63, 3.8) is 0 Å². The summed E-state index contributed by atoms with van der Waals surface area (Å²) >= 11 is 0. The topological polar surface area (TPSA) is 0 Å². The molecule has 0 nitrogen and oxygen atoms in total. The lowest BCUT2D eigenvalue weighted by atomic mass is 10.0. The van der Waals surface area contributed by atoms with E-state index < -0.39 is 0 Å². The lowest BCUT2D eigenvalue weighted by Gasteiger charge is -2.03. The monoisotopic (exact) mass is 164 g/mol. The first-order chi connectivity index (χ1) is 5.74. The molecule has 0 bridgehead atoms. The molecule has 0 fully saturated rings. The van der Waals surface area contributed by atoms with Crippen molar-refractivity contribution in [1.82, 2.24) is 0 Å². The van der Waals surface area contributed by atoms with Crippen LogP contribution in [0.2, 0.25) is 0 Å². The summed E-state index contributed by atoms with van der Waals surface area (Å²) in [5.74, 6) is -0.153. The SMILES string of the molecule is C=CCCc1cc(F)ccc1C. The summed E-state index contributed by atoms with van der Waals surface area (Å²) < 4.78 is 12.7. The minimum absolute atomic E-state index is 0.153. The number of hydrogen-bond donors (Lipinski definition) is 0. The van der Waals surface area contributed by atoms with Crippen LogP contribution in [0.15, 0.2) is 30.9 Å². The molecule has 0 amide bonds. The van der Waals surface area contributed by atoms with Gasteiger partial charge in [0, 0.05) is 0 Å². The summed E-state index contributed by atoms with van der Waals surface area (Å²) in [5, 5.41) is 0. The molecule has 64 valence electrons. The maximum absolute atomic E-state index is 12.7. The molecule has 0 aromatic heterocycles. The van der Waals surface area contributed by atoms with E-state index in [9.17, 15) is 4.39 Å². The Morgan fingerprint density at radius 3 is 2.92 bits per heavy atom. The molecule has 0 unspecified atom stereocenters. The Morgan fingerprint density at radius 1 is 1.50 bits per heavy atom. The summed E-state index contributed by atoms with van der Waals surface area (Å²) in [6.45, 7) is 5.63. The van der Waals surface area contributed by atoms with E-state index in [0.29, 0.717) is 0 Å². The van der Waals surface area contributed by atoms with Crippen LogP contribution in [-0.2, 0) is 6.42 Å². The third-order valence-electron chi connectivity index (χ3n) is 1.93. The van der Waals surface area contributed by atoms with Gasteiger partial charge in [-0.15, -0.1) is 6.58 Å². The molecule has 1 aromatic carbocycles. The highest BCUT2D eigenvalue weighted by molar-refractivity contribution is 5.26. The van der Waals surface area contributed by atoms with E-state index in [1.807, 2.05) is 19.1 Å². The second kappa shape index (κ2) is 4.05. The smallest absolute Gasteiger partial charge is 0.123 e. The fourth-order valence-electron chi connectivity index (χ4n) is 1.17. The summed E-state index contributed by atoms with van der Waals surface area (Å²) in [7, 11) is 0. The average Bonchev–Trinajstić information content (AvgIpc) is 2.07. The molecule has 0 aliphatic rings. The molecule has 0 saturated heterocycles. The van der Waals surface area contributed by atoms with Crippen LogP contribution < -0.4 is 0 Å².